The first kappa shape index (κ1) is 18.5. The average Bonchev–Trinajstić information content (AvgIpc) is 3.04. The Morgan fingerprint density at radius 2 is 2.00 bits per heavy atom. The lowest BCUT2D eigenvalue weighted by molar-refractivity contribution is 0.0529. The van der Waals surface area contributed by atoms with Crippen LogP contribution in [-0.2, 0) is 9.47 Å². The van der Waals surface area contributed by atoms with Crippen LogP contribution >= 0.6 is 22.7 Å². The summed E-state index contributed by atoms with van der Waals surface area (Å²) in [7, 11) is 0. The first-order valence-electron chi connectivity index (χ1n) is 7.57. The molecule has 0 aliphatic heterocycles. The molecule has 2 rings (SSSR count). The van der Waals surface area contributed by atoms with Crippen molar-refractivity contribution in [3.63, 3.8) is 0 Å². The van der Waals surface area contributed by atoms with E-state index in [0.29, 0.717) is 10.6 Å². The van der Waals surface area contributed by atoms with Crippen molar-refractivity contribution in [2.75, 3.05) is 11.9 Å². The molecule has 0 bridgehead atoms. The third kappa shape index (κ3) is 4.36. The highest BCUT2D eigenvalue weighted by atomic mass is 32.1. The van der Waals surface area contributed by atoms with E-state index in [1.54, 1.807) is 27.7 Å². The number of rotatable bonds is 4. The van der Waals surface area contributed by atoms with Crippen LogP contribution in [0.4, 0.5) is 9.80 Å². The van der Waals surface area contributed by atoms with Crippen molar-refractivity contribution < 1.29 is 19.1 Å². The predicted octanol–water partition coefficient (Wildman–Crippen LogP) is 5.31. The van der Waals surface area contributed by atoms with Crippen molar-refractivity contribution in [1.29, 1.82) is 0 Å². The Balaban J connectivity index is 2.42. The molecule has 5 nitrogen and oxygen atoms in total. The number of hydrogen-bond acceptors (Lipinski definition) is 6. The molecular formula is C17H21NO4S2. The van der Waals surface area contributed by atoms with Gasteiger partial charge in [-0.3, -0.25) is 5.32 Å². The number of amides is 1. The largest absolute Gasteiger partial charge is 0.462 e. The third-order valence-corrected chi connectivity index (χ3v) is 4.85. The summed E-state index contributed by atoms with van der Waals surface area (Å²) >= 11 is 2.88. The van der Waals surface area contributed by atoms with Crippen LogP contribution in [0.5, 0.6) is 0 Å². The molecule has 0 radical (unpaired) electrons. The summed E-state index contributed by atoms with van der Waals surface area (Å²) in [4.78, 5) is 26.4. The zero-order valence-corrected chi connectivity index (χ0v) is 16.0. The second-order valence-electron chi connectivity index (χ2n) is 6.06. The van der Waals surface area contributed by atoms with Gasteiger partial charge in [0.15, 0.2) is 0 Å². The van der Waals surface area contributed by atoms with Gasteiger partial charge in [-0.05, 0) is 46.1 Å². The minimum absolute atomic E-state index is 0.267. The van der Waals surface area contributed by atoms with Crippen molar-refractivity contribution >= 4 is 39.7 Å². The van der Waals surface area contributed by atoms with E-state index in [2.05, 4.69) is 5.32 Å². The van der Waals surface area contributed by atoms with Gasteiger partial charge in [-0.25, -0.2) is 9.59 Å². The SMILES string of the molecule is CCOC(=O)c1c(NC(=O)OC(C)(C)C)sc(C)c1-c1cccs1. The van der Waals surface area contributed by atoms with E-state index < -0.39 is 17.7 Å². The van der Waals surface area contributed by atoms with Gasteiger partial charge in [0, 0.05) is 15.3 Å². The monoisotopic (exact) mass is 367 g/mol. The molecule has 0 spiro atoms. The Morgan fingerprint density at radius 3 is 2.54 bits per heavy atom. The van der Waals surface area contributed by atoms with E-state index in [9.17, 15) is 9.59 Å². The molecule has 1 amide bonds. The summed E-state index contributed by atoms with van der Waals surface area (Å²) in [6, 6.07) is 3.87. The number of ether oxygens (including phenoxy) is 2. The van der Waals surface area contributed by atoms with E-state index in [1.165, 1.54) is 22.7 Å². The van der Waals surface area contributed by atoms with Gasteiger partial charge < -0.3 is 9.47 Å². The van der Waals surface area contributed by atoms with Crippen molar-refractivity contribution in [3.8, 4) is 10.4 Å². The smallest absolute Gasteiger partial charge is 0.412 e. The molecule has 7 heteroatoms. The fourth-order valence-electron chi connectivity index (χ4n) is 2.14. The number of thiophene rings is 2. The molecule has 0 saturated carbocycles. The van der Waals surface area contributed by atoms with Crippen LogP contribution < -0.4 is 5.32 Å². The Labute approximate surface area is 149 Å². The number of carbonyl (C=O) groups is 2. The van der Waals surface area contributed by atoms with Crippen LogP contribution in [0.3, 0.4) is 0 Å². The highest BCUT2D eigenvalue weighted by Gasteiger charge is 2.27. The van der Waals surface area contributed by atoms with Gasteiger partial charge >= 0.3 is 12.1 Å². The van der Waals surface area contributed by atoms with Crippen LogP contribution in [-0.4, -0.2) is 24.3 Å². The average molecular weight is 367 g/mol. The second-order valence-corrected chi connectivity index (χ2v) is 8.23. The maximum Gasteiger partial charge on any atom is 0.412 e. The number of nitrogens with one attached hydrogen (secondary N) is 1. The van der Waals surface area contributed by atoms with E-state index in [-0.39, 0.29) is 6.61 Å². The first-order valence-corrected chi connectivity index (χ1v) is 9.27. The molecule has 1 N–H and O–H groups in total. The lowest BCUT2D eigenvalue weighted by Crippen LogP contribution is -2.27. The third-order valence-electron chi connectivity index (χ3n) is 2.95. The summed E-state index contributed by atoms with van der Waals surface area (Å²) in [6.07, 6.45) is -0.591. The van der Waals surface area contributed by atoms with Crippen molar-refractivity contribution in [1.82, 2.24) is 0 Å². The van der Waals surface area contributed by atoms with Gasteiger partial charge in [0.2, 0.25) is 0 Å². The molecular weight excluding hydrogens is 346 g/mol. The number of carbonyl (C=O) groups excluding carboxylic acids is 2. The highest BCUT2D eigenvalue weighted by Crippen LogP contribution is 2.42. The molecule has 0 aliphatic carbocycles. The summed E-state index contributed by atoms with van der Waals surface area (Å²) in [5.41, 5.74) is 0.573. The molecule has 0 aromatic carbocycles. The highest BCUT2D eigenvalue weighted by molar-refractivity contribution is 7.18. The molecule has 2 heterocycles. The number of hydrogen-bond donors (Lipinski definition) is 1. The molecule has 0 unspecified atom stereocenters. The molecule has 2 aromatic rings. The van der Waals surface area contributed by atoms with Crippen LogP contribution in [0.2, 0.25) is 0 Å². The fourth-order valence-corrected chi connectivity index (χ4v) is 4.09. The van der Waals surface area contributed by atoms with E-state index >= 15 is 0 Å². The van der Waals surface area contributed by atoms with Crippen LogP contribution in [0.1, 0.15) is 42.9 Å². The molecule has 0 atom stereocenters. The standard InChI is InChI=1S/C17H21NO4S2/c1-6-21-15(19)13-12(11-8-7-9-23-11)10(2)24-14(13)18-16(20)22-17(3,4)5/h7-9H,6H2,1-5H3,(H,18,20). The maximum atomic E-state index is 12.5. The quantitative estimate of drug-likeness (QED) is 0.744. The van der Waals surface area contributed by atoms with Gasteiger partial charge in [0.05, 0.1) is 6.61 Å². The van der Waals surface area contributed by atoms with Gasteiger partial charge in [0.25, 0.3) is 0 Å². The van der Waals surface area contributed by atoms with Crippen molar-refractivity contribution in [2.45, 2.75) is 40.2 Å². The number of aryl methyl sites for hydroxylation is 1. The predicted molar refractivity (Wildman–Crippen MR) is 98.2 cm³/mol. The van der Waals surface area contributed by atoms with E-state index in [4.69, 9.17) is 9.47 Å². The zero-order chi connectivity index (χ0) is 17.9. The van der Waals surface area contributed by atoms with Gasteiger partial charge in [0.1, 0.15) is 16.2 Å². The fraction of sp³-hybridized carbons (Fsp3) is 0.412. The maximum absolute atomic E-state index is 12.5. The van der Waals surface area contributed by atoms with Gasteiger partial charge in [-0.15, -0.1) is 22.7 Å². The molecule has 130 valence electrons. The number of esters is 1. The Morgan fingerprint density at radius 1 is 1.29 bits per heavy atom. The molecule has 0 fully saturated rings. The Hall–Kier alpha value is -1.86. The summed E-state index contributed by atoms with van der Waals surface area (Å²) in [6.45, 7) is 9.30. The van der Waals surface area contributed by atoms with Crippen LogP contribution in [0.25, 0.3) is 10.4 Å². The van der Waals surface area contributed by atoms with Crippen LogP contribution in [0, 0.1) is 6.92 Å². The Kier molecular flexibility index (Phi) is 5.66. The normalized spacial score (nSPS) is 11.2. The molecule has 2 aromatic heterocycles. The zero-order valence-electron chi connectivity index (χ0n) is 14.4. The Bertz CT molecular complexity index is 727. The first-order chi connectivity index (χ1) is 11.2. The van der Waals surface area contributed by atoms with E-state index in [1.807, 2.05) is 24.4 Å². The van der Waals surface area contributed by atoms with Gasteiger partial charge in [-0.1, -0.05) is 6.07 Å². The van der Waals surface area contributed by atoms with Crippen molar-refractivity contribution in [3.05, 3.63) is 28.0 Å². The minimum atomic E-state index is -0.614. The lowest BCUT2D eigenvalue weighted by Gasteiger charge is -2.19. The topological polar surface area (TPSA) is 64.6 Å². The summed E-state index contributed by atoms with van der Waals surface area (Å²) in [5, 5.41) is 5.09. The van der Waals surface area contributed by atoms with Gasteiger partial charge in [-0.2, -0.15) is 0 Å². The van der Waals surface area contributed by atoms with E-state index in [0.717, 1.165) is 15.3 Å². The lowest BCUT2D eigenvalue weighted by atomic mass is 10.1. The number of anilines is 1. The molecule has 0 aliphatic rings. The molecule has 0 saturated heterocycles. The minimum Gasteiger partial charge on any atom is -0.462 e. The second kappa shape index (κ2) is 7.36. The van der Waals surface area contributed by atoms with Crippen LogP contribution in [0.15, 0.2) is 17.5 Å². The summed E-state index contributed by atoms with van der Waals surface area (Å²) < 4.78 is 10.5. The summed E-state index contributed by atoms with van der Waals surface area (Å²) in [5.74, 6) is -0.448. The molecule has 24 heavy (non-hydrogen) atoms. The van der Waals surface area contributed by atoms with Crippen molar-refractivity contribution in [2.24, 2.45) is 0 Å².